The largest absolute Gasteiger partial charge is 1.00 e. The minimum absolute atomic E-state index is 0. The van der Waals surface area contributed by atoms with Gasteiger partial charge in [-0.1, -0.05) is 113 Å². The Morgan fingerprint density at radius 1 is 0.547 bits per heavy atom. The average Bonchev–Trinajstić information content (AvgIpc) is 3.29. The number of alkyl halides is 1. The molecule has 0 aliphatic rings. The molecule has 12 heteroatoms. The highest BCUT2D eigenvalue weighted by molar-refractivity contribution is 9.08. The lowest BCUT2D eigenvalue weighted by Crippen LogP contribution is -3.00. The minimum Gasteiger partial charge on any atom is -1.00 e. The molecule has 0 bridgehead atoms. The van der Waals surface area contributed by atoms with E-state index in [1.54, 1.807) is 36.7 Å². The highest BCUT2D eigenvalue weighted by Crippen LogP contribution is 2.26. The number of nitrogens with zero attached hydrogens (tertiary/aromatic N) is 2. The van der Waals surface area contributed by atoms with E-state index in [-0.39, 0.29) is 17.0 Å². The van der Waals surface area contributed by atoms with Gasteiger partial charge in [0.2, 0.25) is 0 Å². The number of pyridine rings is 2. The van der Waals surface area contributed by atoms with Crippen LogP contribution >= 0.6 is 15.9 Å². The Morgan fingerprint density at radius 2 is 0.984 bits per heavy atom. The molecule has 2 heterocycles. The van der Waals surface area contributed by atoms with Crippen molar-refractivity contribution in [2.45, 2.75) is 25.7 Å². The highest BCUT2D eigenvalue weighted by atomic mass is 79.9. The normalized spacial score (nSPS) is 10.2. The van der Waals surface area contributed by atoms with Crippen molar-refractivity contribution >= 4 is 39.1 Å². The van der Waals surface area contributed by atoms with Gasteiger partial charge in [-0.3, -0.25) is 14.6 Å². The fourth-order valence-corrected chi connectivity index (χ4v) is 6.79. The molecule has 0 saturated carbocycles. The molecular formula is C52H42Br2F4N4O2. The van der Waals surface area contributed by atoms with E-state index in [1.165, 1.54) is 23.3 Å². The molecule has 64 heavy (non-hydrogen) atoms. The number of rotatable bonds is 9. The average molecular weight is 991 g/mol. The molecule has 0 unspecified atom stereocenters. The number of carbonyl (C=O) groups is 2. The molecule has 0 fully saturated rings. The van der Waals surface area contributed by atoms with Crippen molar-refractivity contribution in [2.24, 2.45) is 0 Å². The van der Waals surface area contributed by atoms with Gasteiger partial charge in [-0.05, 0) is 96.3 Å². The van der Waals surface area contributed by atoms with Crippen molar-refractivity contribution in [3.63, 3.8) is 0 Å². The van der Waals surface area contributed by atoms with E-state index < -0.39 is 46.2 Å². The van der Waals surface area contributed by atoms with Crippen molar-refractivity contribution in [3.8, 4) is 22.3 Å². The quantitative estimate of drug-likeness (QED) is 0.0860. The number of carbonyl (C=O) groups excluding carboxylic acids is 2. The lowest BCUT2D eigenvalue weighted by molar-refractivity contribution is -0.687. The summed E-state index contributed by atoms with van der Waals surface area (Å²) >= 11 is 3.36. The number of anilines is 2. The first-order valence-electron chi connectivity index (χ1n) is 19.8. The van der Waals surface area contributed by atoms with Crippen molar-refractivity contribution in [1.82, 2.24) is 4.98 Å². The van der Waals surface area contributed by atoms with Gasteiger partial charge in [0.05, 0.1) is 0 Å². The van der Waals surface area contributed by atoms with Crippen molar-refractivity contribution in [1.29, 1.82) is 0 Å². The van der Waals surface area contributed by atoms with Crippen molar-refractivity contribution < 1.29 is 48.7 Å². The number of amides is 2. The number of nitrogens with one attached hydrogen (secondary N) is 2. The molecule has 8 aromatic rings. The molecule has 0 saturated heterocycles. The van der Waals surface area contributed by atoms with Gasteiger partial charge in [-0.15, -0.1) is 0 Å². The zero-order valence-electron chi connectivity index (χ0n) is 34.7. The summed E-state index contributed by atoms with van der Waals surface area (Å²) in [5, 5.41) is 6.00. The van der Waals surface area contributed by atoms with Crippen LogP contribution in [-0.2, 0) is 11.9 Å². The Hall–Kier alpha value is -6.76. The van der Waals surface area contributed by atoms with E-state index >= 15 is 0 Å². The smallest absolute Gasteiger partial charge is 0.261 e. The Balaban J connectivity index is 0.000000207. The van der Waals surface area contributed by atoms with Crippen LogP contribution in [0.5, 0.6) is 0 Å². The molecule has 2 aromatic heterocycles. The summed E-state index contributed by atoms with van der Waals surface area (Å²) in [6.07, 6.45) is 7.61. The third-order valence-electron chi connectivity index (χ3n) is 9.77. The number of hydrogen-bond acceptors (Lipinski definition) is 3. The topological polar surface area (TPSA) is 75.0 Å². The monoisotopic (exact) mass is 988 g/mol. The van der Waals surface area contributed by atoms with Gasteiger partial charge in [0.1, 0.15) is 34.4 Å². The fourth-order valence-electron chi connectivity index (χ4n) is 6.42. The summed E-state index contributed by atoms with van der Waals surface area (Å²) in [6, 6.07) is 45.3. The molecule has 8 rings (SSSR count). The second-order valence-electron chi connectivity index (χ2n) is 14.3. The molecule has 0 aliphatic heterocycles. The highest BCUT2D eigenvalue weighted by Gasteiger charge is 2.19. The molecule has 324 valence electrons. The molecule has 0 radical (unpaired) electrons. The Bertz CT molecular complexity index is 2760. The van der Waals surface area contributed by atoms with Crippen LogP contribution in [0, 0.1) is 37.1 Å². The van der Waals surface area contributed by atoms with Crippen LogP contribution in [0.15, 0.2) is 183 Å². The summed E-state index contributed by atoms with van der Waals surface area (Å²) in [4.78, 5) is 28.5. The zero-order valence-corrected chi connectivity index (χ0v) is 37.9. The summed E-state index contributed by atoms with van der Waals surface area (Å²) in [5.41, 5.74) is 8.43. The van der Waals surface area contributed by atoms with Gasteiger partial charge >= 0.3 is 0 Å². The summed E-state index contributed by atoms with van der Waals surface area (Å²) in [5.74, 6) is -5.21. The second-order valence-corrected chi connectivity index (χ2v) is 14.8. The Labute approximate surface area is 388 Å². The lowest BCUT2D eigenvalue weighted by atomic mass is 10.0. The minimum atomic E-state index is -0.893. The van der Waals surface area contributed by atoms with Crippen LogP contribution in [0.25, 0.3) is 22.3 Å². The van der Waals surface area contributed by atoms with Gasteiger partial charge in [-0.2, -0.15) is 0 Å². The Kier molecular flexibility index (Phi) is 17.8. The number of aromatic nitrogens is 2. The number of aryl methyl sites for hydroxylation is 2. The van der Waals surface area contributed by atoms with E-state index in [0.717, 1.165) is 69.5 Å². The van der Waals surface area contributed by atoms with Gasteiger partial charge in [0, 0.05) is 51.9 Å². The summed E-state index contributed by atoms with van der Waals surface area (Å²) in [7, 11) is 0. The van der Waals surface area contributed by atoms with Gasteiger partial charge < -0.3 is 27.6 Å². The van der Waals surface area contributed by atoms with Crippen LogP contribution in [0.2, 0.25) is 0 Å². The van der Waals surface area contributed by atoms with Crippen LogP contribution in [-0.4, -0.2) is 16.8 Å². The first-order chi connectivity index (χ1) is 30.5. The Morgan fingerprint density at radius 3 is 1.42 bits per heavy atom. The van der Waals surface area contributed by atoms with Gasteiger partial charge in [0.15, 0.2) is 18.9 Å². The number of halogens is 6. The summed E-state index contributed by atoms with van der Waals surface area (Å²) in [6.45, 7) is 4.78. The summed E-state index contributed by atoms with van der Waals surface area (Å²) < 4.78 is 57.0. The van der Waals surface area contributed by atoms with Gasteiger partial charge in [0.25, 0.3) is 11.8 Å². The van der Waals surface area contributed by atoms with Crippen molar-refractivity contribution in [3.05, 3.63) is 239 Å². The van der Waals surface area contributed by atoms with E-state index in [1.807, 2.05) is 86.8 Å². The molecule has 2 N–H and O–H groups in total. The van der Waals surface area contributed by atoms with E-state index in [2.05, 4.69) is 72.6 Å². The third-order valence-corrected chi connectivity index (χ3v) is 10.4. The first-order valence-corrected chi connectivity index (χ1v) is 20.9. The zero-order chi connectivity index (χ0) is 44.7. The number of benzene rings is 6. The van der Waals surface area contributed by atoms with E-state index in [9.17, 15) is 27.2 Å². The molecule has 0 spiro atoms. The second kappa shape index (κ2) is 23.6. The molecule has 0 aliphatic carbocycles. The number of hydrogen-bond donors (Lipinski definition) is 2. The van der Waals surface area contributed by atoms with E-state index in [0.29, 0.717) is 11.4 Å². The van der Waals surface area contributed by atoms with Crippen molar-refractivity contribution in [2.75, 3.05) is 10.6 Å². The molecule has 2 amide bonds. The van der Waals surface area contributed by atoms with Crippen LogP contribution in [0.1, 0.15) is 43.0 Å². The SMILES string of the molecule is BrCc1ccccc1.Cc1cc[n+](Cc2ccccc2)cc1-c1ccc(NC(=O)c2c(F)cccc2F)cc1.Cc1ccncc1-c1ccc(NC(=O)c2c(F)cccc2F)cc1.[Br-]. The molecular weight excluding hydrogens is 948 g/mol. The predicted molar refractivity (Wildman–Crippen MR) is 244 cm³/mol. The van der Waals surface area contributed by atoms with Gasteiger partial charge in [-0.25, -0.2) is 22.1 Å². The fraction of sp³-hybridized carbons (Fsp3) is 0.0769. The standard InChI is InChI=1S/C26H20F2N2O.C19H14F2N2O.C7H7Br.BrH/c1-18-14-15-30(16-19-6-3-2-4-7-19)17-22(18)20-10-12-21(13-11-20)29-26(31)25-23(27)8-5-9-24(25)28;1-12-9-10-22-11-15(12)13-5-7-14(8-6-13)23-19(24)18-16(20)3-2-4-17(18)21;8-6-7-4-2-1-3-5-7;/h2-15,17H,16H2,1H3;2-11H,1H3,(H,23,24);1-5H,6H2;1H. The molecule has 0 atom stereocenters. The lowest BCUT2D eigenvalue weighted by Gasteiger charge is -2.09. The van der Waals surface area contributed by atoms with Crippen LogP contribution in [0.3, 0.4) is 0 Å². The maximum atomic E-state index is 13.8. The molecule has 6 aromatic carbocycles. The van der Waals surface area contributed by atoms with E-state index in [4.69, 9.17) is 0 Å². The maximum absolute atomic E-state index is 13.8. The first kappa shape index (κ1) is 48.3. The van der Waals surface area contributed by atoms with Crippen LogP contribution < -0.4 is 32.2 Å². The van der Waals surface area contributed by atoms with Crippen LogP contribution in [0.4, 0.5) is 28.9 Å². The third kappa shape index (κ3) is 13.1. The maximum Gasteiger partial charge on any atom is 0.261 e. The molecule has 6 nitrogen and oxygen atoms in total. The predicted octanol–water partition coefficient (Wildman–Crippen LogP) is 9.70.